The minimum atomic E-state index is -0.819. The van der Waals surface area contributed by atoms with E-state index in [-0.39, 0.29) is 10.7 Å². The third-order valence-electron chi connectivity index (χ3n) is 4.43. The quantitative estimate of drug-likeness (QED) is 0.286. The lowest BCUT2D eigenvalue weighted by Crippen LogP contribution is -2.34. The van der Waals surface area contributed by atoms with Gasteiger partial charge < -0.3 is 10.1 Å². The Morgan fingerprint density at radius 3 is 2.09 bits per heavy atom. The molecular formula is C22H18N4O6S. The van der Waals surface area contributed by atoms with Crippen LogP contribution in [0.3, 0.4) is 0 Å². The van der Waals surface area contributed by atoms with E-state index in [1.54, 1.807) is 24.3 Å². The molecule has 0 aliphatic heterocycles. The molecule has 168 valence electrons. The van der Waals surface area contributed by atoms with Crippen molar-refractivity contribution >= 4 is 40.3 Å². The highest BCUT2D eigenvalue weighted by atomic mass is 32.1. The number of nitro benzene ring substituents is 2. The monoisotopic (exact) mass is 466 g/mol. The molecular weight excluding hydrogens is 448 g/mol. The first-order valence-electron chi connectivity index (χ1n) is 9.65. The lowest BCUT2D eigenvalue weighted by molar-refractivity contribution is -0.394. The van der Waals surface area contributed by atoms with Gasteiger partial charge in [-0.05, 0) is 42.0 Å². The summed E-state index contributed by atoms with van der Waals surface area (Å²) in [6.45, 7) is 0.514. The van der Waals surface area contributed by atoms with E-state index < -0.39 is 27.1 Å². The first-order valence-corrected chi connectivity index (χ1v) is 10.1. The number of anilines is 1. The second-order valence-corrected chi connectivity index (χ2v) is 7.18. The van der Waals surface area contributed by atoms with E-state index in [0.29, 0.717) is 18.0 Å². The number of ether oxygens (including phenoxy) is 1. The van der Waals surface area contributed by atoms with Gasteiger partial charge in [0.05, 0.1) is 28.1 Å². The molecule has 3 aromatic carbocycles. The third-order valence-corrected chi connectivity index (χ3v) is 4.63. The molecule has 0 bridgehead atoms. The van der Waals surface area contributed by atoms with Crippen LogP contribution in [0.4, 0.5) is 17.1 Å². The summed E-state index contributed by atoms with van der Waals surface area (Å²) in [5, 5.41) is 27.0. The van der Waals surface area contributed by atoms with Crippen LogP contribution in [0, 0.1) is 20.2 Å². The minimum absolute atomic E-state index is 0.0769. The summed E-state index contributed by atoms with van der Waals surface area (Å²) in [4.78, 5) is 32.7. The van der Waals surface area contributed by atoms with Gasteiger partial charge in [0.15, 0.2) is 5.11 Å². The molecule has 33 heavy (non-hydrogen) atoms. The fraction of sp³-hybridized carbons (Fsp3) is 0.0909. The molecule has 0 atom stereocenters. The molecule has 2 N–H and O–H groups in total. The summed E-state index contributed by atoms with van der Waals surface area (Å²) in [5.41, 5.74) is 0.334. The fourth-order valence-corrected chi connectivity index (χ4v) is 3.05. The summed E-state index contributed by atoms with van der Waals surface area (Å²) in [7, 11) is 0. The molecule has 0 saturated heterocycles. The maximum atomic E-state index is 12.4. The van der Waals surface area contributed by atoms with Gasteiger partial charge in [-0.3, -0.25) is 30.3 Å². The Hall–Kier alpha value is -4.38. The third kappa shape index (κ3) is 6.80. The van der Waals surface area contributed by atoms with Crippen molar-refractivity contribution in [3.8, 4) is 5.75 Å². The average Bonchev–Trinajstić information content (AvgIpc) is 2.80. The Bertz CT molecular complexity index is 1150. The topological polar surface area (TPSA) is 137 Å². The van der Waals surface area contributed by atoms with Gasteiger partial charge in [-0.15, -0.1) is 0 Å². The highest BCUT2D eigenvalue weighted by molar-refractivity contribution is 7.80. The number of non-ortho nitro benzene ring substituents is 2. The fourth-order valence-electron chi connectivity index (χ4n) is 2.84. The zero-order valence-electron chi connectivity index (χ0n) is 17.1. The summed E-state index contributed by atoms with van der Waals surface area (Å²) in [6.07, 6.45) is 0.771. The molecule has 1 amide bonds. The van der Waals surface area contributed by atoms with Crippen molar-refractivity contribution < 1.29 is 19.4 Å². The van der Waals surface area contributed by atoms with Crippen molar-refractivity contribution in [1.29, 1.82) is 0 Å². The van der Waals surface area contributed by atoms with Crippen LogP contribution in [0.2, 0.25) is 0 Å². The van der Waals surface area contributed by atoms with E-state index in [9.17, 15) is 25.0 Å². The standard InChI is InChI=1S/C22H18N4O6S/c27-21(16-12-18(25(28)29)14-19(13-16)26(30)31)24-22(33)23-17-6-8-20(9-7-17)32-11-10-15-4-2-1-3-5-15/h1-9,12-14H,10-11H2,(H2,23,24,27,33). The molecule has 10 nitrogen and oxygen atoms in total. The van der Waals surface area contributed by atoms with Gasteiger partial charge in [0.1, 0.15) is 5.75 Å². The van der Waals surface area contributed by atoms with Crippen molar-refractivity contribution in [1.82, 2.24) is 5.32 Å². The van der Waals surface area contributed by atoms with E-state index in [1.165, 1.54) is 5.56 Å². The average molecular weight is 466 g/mol. The summed E-state index contributed by atoms with van der Waals surface area (Å²) < 4.78 is 5.71. The van der Waals surface area contributed by atoms with Crippen LogP contribution in [0.1, 0.15) is 15.9 Å². The first-order chi connectivity index (χ1) is 15.8. The van der Waals surface area contributed by atoms with E-state index in [1.807, 2.05) is 30.3 Å². The van der Waals surface area contributed by atoms with Crippen LogP contribution >= 0.6 is 12.2 Å². The van der Waals surface area contributed by atoms with E-state index >= 15 is 0 Å². The van der Waals surface area contributed by atoms with Crippen LogP contribution in [0.25, 0.3) is 0 Å². The van der Waals surface area contributed by atoms with Gasteiger partial charge in [-0.2, -0.15) is 0 Å². The predicted octanol–water partition coefficient (Wildman–Crippen LogP) is 4.25. The maximum Gasteiger partial charge on any atom is 0.277 e. The van der Waals surface area contributed by atoms with E-state index in [2.05, 4.69) is 10.6 Å². The van der Waals surface area contributed by atoms with Gasteiger partial charge >= 0.3 is 0 Å². The van der Waals surface area contributed by atoms with Crippen molar-refractivity contribution in [3.05, 3.63) is 104 Å². The van der Waals surface area contributed by atoms with Gasteiger partial charge in [-0.25, -0.2) is 0 Å². The van der Waals surface area contributed by atoms with Gasteiger partial charge in [0.2, 0.25) is 0 Å². The highest BCUT2D eigenvalue weighted by Crippen LogP contribution is 2.23. The lowest BCUT2D eigenvalue weighted by atomic mass is 10.1. The number of amides is 1. The number of hydrogen-bond acceptors (Lipinski definition) is 7. The molecule has 0 aliphatic rings. The number of nitrogens with one attached hydrogen (secondary N) is 2. The van der Waals surface area contributed by atoms with Crippen molar-refractivity contribution in [3.63, 3.8) is 0 Å². The number of nitrogens with zero attached hydrogens (tertiary/aromatic N) is 2. The Balaban J connectivity index is 1.55. The number of rotatable bonds is 8. The van der Waals surface area contributed by atoms with Gasteiger partial charge in [0.25, 0.3) is 17.3 Å². The number of hydrogen-bond donors (Lipinski definition) is 2. The summed E-state index contributed by atoms with van der Waals surface area (Å²) >= 11 is 5.10. The Morgan fingerprint density at radius 2 is 1.52 bits per heavy atom. The zero-order valence-corrected chi connectivity index (χ0v) is 17.9. The Labute approximate surface area is 193 Å². The first kappa shape index (κ1) is 23.3. The molecule has 0 aliphatic carbocycles. The highest BCUT2D eigenvalue weighted by Gasteiger charge is 2.20. The second kappa shape index (κ2) is 10.8. The smallest absolute Gasteiger partial charge is 0.277 e. The van der Waals surface area contributed by atoms with Crippen LogP contribution in [-0.4, -0.2) is 27.5 Å². The second-order valence-electron chi connectivity index (χ2n) is 6.77. The lowest BCUT2D eigenvalue weighted by Gasteiger charge is -2.11. The van der Waals surface area contributed by atoms with Crippen LogP contribution < -0.4 is 15.4 Å². The number of thiocarbonyl (C=S) groups is 1. The summed E-state index contributed by atoms with van der Waals surface area (Å²) in [6, 6.07) is 19.5. The zero-order chi connectivity index (χ0) is 23.8. The van der Waals surface area contributed by atoms with Crippen LogP contribution in [0.5, 0.6) is 5.75 Å². The number of carbonyl (C=O) groups excluding carboxylic acids is 1. The molecule has 0 spiro atoms. The molecule has 0 fully saturated rings. The number of nitro groups is 2. The molecule has 3 rings (SSSR count). The molecule has 0 unspecified atom stereocenters. The van der Waals surface area contributed by atoms with Crippen LogP contribution in [-0.2, 0) is 6.42 Å². The van der Waals surface area contributed by atoms with Gasteiger partial charge in [0, 0.05) is 24.2 Å². The molecule has 3 aromatic rings. The minimum Gasteiger partial charge on any atom is -0.493 e. The van der Waals surface area contributed by atoms with E-state index in [0.717, 1.165) is 24.6 Å². The van der Waals surface area contributed by atoms with Crippen molar-refractivity contribution in [2.24, 2.45) is 0 Å². The van der Waals surface area contributed by atoms with Crippen molar-refractivity contribution in [2.75, 3.05) is 11.9 Å². The predicted molar refractivity (Wildman–Crippen MR) is 126 cm³/mol. The molecule has 0 aromatic heterocycles. The molecule has 0 radical (unpaired) electrons. The largest absolute Gasteiger partial charge is 0.493 e. The SMILES string of the molecule is O=C(NC(=S)Nc1ccc(OCCc2ccccc2)cc1)c1cc([N+](=O)[O-])cc([N+](=O)[O-])c1. The number of carbonyl (C=O) groups is 1. The normalized spacial score (nSPS) is 10.2. The molecule has 0 heterocycles. The van der Waals surface area contributed by atoms with Crippen molar-refractivity contribution in [2.45, 2.75) is 6.42 Å². The molecule has 0 saturated carbocycles. The summed E-state index contributed by atoms with van der Waals surface area (Å²) in [5.74, 6) is -0.157. The Morgan fingerprint density at radius 1 is 0.909 bits per heavy atom. The molecule has 11 heteroatoms. The number of benzene rings is 3. The van der Waals surface area contributed by atoms with E-state index in [4.69, 9.17) is 17.0 Å². The Kier molecular flexibility index (Phi) is 7.60. The van der Waals surface area contributed by atoms with Gasteiger partial charge in [-0.1, -0.05) is 30.3 Å². The van der Waals surface area contributed by atoms with Crippen LogP contribution in [0.15, 0.2) is 72.8 Å². The maximum absolute atomic E-state index is 12.4.